The van der Waals surface area contributed by atoms with E-state index < -0.39 is 22.0 Å². The molecule has 0 atom stereocenters. The Bertz CT molecular complexity index is 1430. The molecule has 0 saturated heterocycles. The molecule has 1 heterocycles. The maximum Gasteiger partial charge on any atom is 0.282 e. The number of aromatic nitrogens is 2. The van der Waals surface area contributed by atoms with Gasteiger partial charge in [0.25, 0.3) is 6.43 Å². The van der Waals surface area contributed by atoms with Crippen LogP contribution in [-0.2, 0) is 14.6 Å². The van der Waals surface area contributed by atoms with Crippen LogP contribution in [0.4, 0.5) is 14.5 Å². The van der Waals surface area contributed by atoms with Crippen molar-refractivity contribution in [2.45, 2.75) is 18.2 Å². The van der Waals surface area contributed by atoms with Crippen molar-refractivity contribution in [3.05, 3.63) is 84.6 Å². The van der Waals surface area contributed by atoms with Crippen LogP contribution < -0.4 is 5.32 Å². The van der Waals surface area contributed by atoms with Gasteiger partial charge in [-0.2, -0.15) is 5.10 Å². The zero-order valence-electron chi connectivity index (χ0n) is 18.4. The maximum atomic E-state index is 14.2. The Balaban J connectivity index is 1.98. The first-order chi connectivity index (χ1) is 16.1. The van der Waals surface area contributed by atoms with Crippen molar-refractivity contribution < 1.29 is 22.0 Å². The molecule has 0 radical (unpaired) electrons. The molecule has 0 saturated carbocycles. The van der Waals surface area contributed by atoms with E-state index in [4.69, 9.17) is 0 Å². The number of carbonyl (C=O) groups excluding carboxylic acids is 1. The van der Waals surface area contributed by atoms with Gasteiger partial charge in [0.15, 0.2) is 9.84 Å². The topological polar surface area (TPSA) is 81.1 Å². The number of nitrogens with one attached hydrogen (secondary N) is 1. The molecule has 4 rings (SSSR count). The Morgan fingerprint density at radius 1 is 0.912 bits per heavy atom. The van der Waals surface area contributed by atoms with E-state index in [1.54, 1.807) is 60.7 Å². The number of hydrogen-bond donors (Lipinski definition) is 1. The fourth-order valence-electron chi connectivity index (χ4n) is 3.68. The maximum absolute atomic E-state index is 14.2. The Hall–Kier alpha value is -3.85. The molecule has 1 aromatic heterocycles. The van der Waals surface area contributed by atoms with E-state index in [0.29, 0.717) is 28.2 Å². The van der Waals surface area contributed by atoms with Gasteiger partial charge < -0.3 is 5.32 Å². The number of benzene rings is 3. The third-order valence-corrected chi connectivity index (χ3v) is 6.30. The van der Waals surface area contributed by atoms with E-state index in [1.165, 1.54) is 23.7 Å². The summed E-state index contributed by atoms with van der Waals surface area (Å²) in [5.74, 6) is -0.246. The van der Waals surface area contributed by atoms with Crippen LogP contribution in [0.1, 0.15) is 19.0 Å². The largest absolute Gasteiger partial charge is 0.326 e. The number of rotatable bonds is 6. The number of alkyl halides is 2. The molecule has 4 aromatic rings. The molecular weight excluding hydrogens is 460 g/mol. The van der Waals surface area contributed by atoms with Gasteiger partial charge in [0.2, 0.25) is 5.91 Å². The molecular formula is C25H21F2N3O3S. The van der Waals surface area contributed by atoms with E-state index >= 15 is 0 Å². The summed E-state index contributed by atoms with van der Waals surface area (Å²) in [4.78, 5) is 11.5. The van der Waals surface area contributed by atoms with Crippen molar-refractivity contribution in [2.75, 3.05) is 11.6 Å². The third kappa shape index (κ3) is 4.74. The van der Waals surface area contributed by atoms with Crippen molar-refractivity contribution in [2.24, 2.45) is 0 Å². The monoisotopic (exact) mass is 481 g/mol. The van der Waals surface area contributed by atoms with Crippen LogP contribution in [0, 0.1) is 0 Å². The first-order valence-corrected chi connectivity index (χ1v) is 12.2. The van der Waals surface area contributed by atoms with Gasteiger partial charge in [-0.1, -0.05) is 42.5 Å². The molecule has 0 aliphatic heterocycles. The van der Waals surface area contributed by atoms with Crippen molar-refractivity contribution in [1.82, 2.24) is 9.78 Å². The van der Waals surface area contributed by atoms with E-state index in [0.717, 1.165) is 6.26 Å². The Morgan fingerprint density at radius 3 is 2.03 bits per heavy atom. The molecule has 1 amide bonds. The zero-order chi connectivity index (χ0) is 24.5. The predicted octanol–water partition coefficient (Wildman–Crippen LogP) is 5.51. The quantitative estimate of drug-likeness (QED) is 0.394. The molecule has 9 heteroatoms. The minimum Gasteiger partial charge on any atom is -0.326 e. The lowest BCUT2D eigenvalue weighted by atomic mass is 9.98. The summed E-state index contributed by atoms with van der Waals surface area (Å²) in [6, 6.07) is 21.4. The summed E-state index contributed by atoms with van der Waals surface area (Å²) in [7, 11) is -3.43. The standard InChI is InChI=1S/C25H21F2N3O3S/c1-16(31)28-19-12-8-17(9-13-19)22-23(25(26)27)29-30(20-6-4-3-5-7-20)24(22)18-10-14-21(15-11-18)34(2,32)33/h3-15,25H,1-2H3,(H,28,31). The normalized spacial score (nSPS) is 11.6. The summed E-state index contributed by atoms with van der Waals surface area (Å²) < 4.78 is 53.7. The smallest absolute Gasteiger partial charge is 0.282 e. The number of amides is 1. The molecule has 3 aromatic carbocycles. The van der Waals surface area contributed by atoms with Crippen molar-refractivity contribution >= 4 is 21.4 Å². The molecule has 34 heavy (non-hydrogen) atoms. The van der Waals surface area contributed by atoms with Gasteiger partial charge in [-0.15, -0.1) is 0 Å². The van der Waals surface area contributed by atoms with Crippen LogP contribution in [0.15, 0.2) is 83.8 Å². The van der Waals surface area contributed by atoms with Crippen molar-refractivity contribution in [3.63, 3.8) is 0 Å². The van der Waals surface area contributed by atoms with E-state index in [2.05, 4.69) is 10.4 Å². The van der Waals surface area contributed by atoms with Crippen LogP contribution in [0.25, 0.3) is 28.1 Å². The van der Waals surface area contributed by atoms with E-state index in [9.17, 15) is 22.0 Å². The van der Waals surface area contributed by atoms with Gasteiger partial charge in [-0.25, -0.2) is 21.9 Å². The predicted molar refractivity (Wildman–Crippen MR) is 127 cm³/mol. The molecule has 0 aliphatic rings. The highest BCUT2D eigenvalue weighted by atomic mass is 32.2. The second kappa shape index (κ2) is 9.18. The second-order valence-electron chi connectivity index (χ2n) is 7.71. The van der Waals surface area contributed by atoms with E-state index in [-0.39, 0.29) is 16.4 Å². The van der Waals surface area contributed by atoms with Crippen LogP contribution >= 0.6 is 0 Å². The number of nitrogens with zero attached hydrogens (tertiary/aromatic N) is 2. The lowest BCUT2D eigenvalue weighted by Crippen LogP contribution is -2.05. The summed E-state index contributed by atoms with van der Waals surface area (Å²) in [6.45, 7) is 1.38. The van der Waals surface area contributed by atoms with Gasteiger partial charge in [-0.3, -0.25) is 4.79 Å². The fraction of sp³-hybridized carbons (Fsp3) is 0.120. The molecule has 0 unspecified atom stereocenters. The molecule has 6 nitrogen and oxygen atoms in total. The average Bonchev–Trinajstić information content (AvgIpc) is 3.20. The molecule has 0 bridgehead atoms. The van der Waals surface area contributed by atoms with Gasteiger partial charge in [0.05, 0.1) is 16.3 Å². The number of carbonyl (C=O) groups is 1. The Kier molecular flexibility index (Phi) is 6.30. The first kappa shape index (κ1) is 23.3. The van der Waals surface area contributed by atoms with Crippen LogP contribution in [0.5, 0.6) is 0 Å². The number of hydrogen-bond acceptors (Lipinski definition) is 4. The van der Waals surface area contributed by atoms with Crippen molar-refractivity contribution in [1.29, 1.82) is 0 Å². The van der Waals surface area contributed by atoms with Gasteiger partial charge in [0, 0.05) is 30.0 Å². The summed E-state index contributed by atoms with van der Waals surface area (Å²) in [5, 5.41) is 6.91. The number of anilines is 1. The van der Waals surface area contributed by atoms with Crippen molar-refractivity contribution in [3.8, 4) is 28.1 Å². The molecule has 0 aliphatic carbocycles. The minimum absolute atomic E-state index is 0.123. The summed E-state index contributed by atoms with van der Waals surface area (Å²) in [6.07, 6.45) is -1.75. The highest BCUT2D eigenvalue weighted by molar-refractivity contribution is 7.90. The highest BCUT2D eigenvalue weighted by Gasteiger charge is 2.27. The third-order valence-electron chi connectivity index (χ3n) is 5.17. The van der Waals surface area contributed by atoms with Crippen LogP contribution in [-0.4, -0.2) is 30.4 Å². The molecule has 1 N–H and O–H groups in total. The lowest BCUT2D eigenvalue weighted by molar-refractivity contribution is -0.114. The zero-order valence-corrected chi connectivity index (χ0v) is 19.2. The lowest BCUT2D eigenvalue weighted by Gasteiger charge is -2.12. The number of halogens is 2. The number of para-hydroxylation sites is 1. The van der Waals surface area contributed by atoms with E-state index in [1.807, 2.05) is 6.07 Å². The summed E-state index contributed by atoms with van der Waals surface area (Å²) >= 11 is 0. The van der Waals surface area contributed by atoms with Gasteiger partial charge >= 0.3 is 0 Å². The summed E-state index contributed by atoms with van der Waals surface area (Å²) in [5.41, 5.74) is 2.33. The van der Waals surface area contributed by atoms with Crippen LogP contribution in [0.3, 0.4) is 0 Å². The Labute approximate surface area is 195 Å². The SMILES string of the molecule is CC(=O)Nc1ccc(-c2c(C(F)F)nn(-c3ccccc3)c2-c2ccc(S(C)(=O)=O)cc2)cc1. The van der Waals surface area contributed by atoms with Gasteiger partial charge in [0.1, 0.15) is 5.69 Å². The second-order valence-corrected chi connectivity index (χ2v) is 9.73. The average molecular weight is 482 g/mol. The minimum atomic E-state index is -3.43. The van der Waals surface area contributed by atoms with Gasteiger partial charge in [-0.05, 0) is 42.0 Å². The highest BCUT2D eigenvalue weighted by Crippen LogP contribution is 2.41. The molecule has 0 fully saturated rings. The fourth-order valence-corrected chi connectivity index (χ4v) is 4.31. The molecule has 174 valence electrons. The molecule has 0 spiro atoms. The van der Waals surface area contributed by atoms with Crippen LogP contribution in [0.2, 0.25) is 0 Å². The number of sulfone groups is 1. The first-order valence-electron chi connectivity index (χ1n) is 10.3. The Morgan fingerprint density at radius 2 is 1.50 bits per heavy atom.